The Bertz CT molecular complexity index is 3060. The van der Waals surface area contributed by atoms with Gasteiger partial charge in [-0.15, -0.1) is 11.3 Å². The molecule has 13 rings (SSSR count). The van der Waals surface area contributed by atoms with Crippen LogP contribution in [0.1, 0.15) is 27.8 Å². The van der Waals surface area contributed by atoms with Crippen LogP contribution >= 0.6 is 11.3 Å². The number of rotatable bonds is 1. The van der Waals surface area contributed by atoms with E-state index in [4.69, 9.17) is 0 Å². The van der Waals surface area contributed by atoms with Gasteiger partial charge in [0.25, 0.3) is 0 Å². The van der Waals surface area contributed by atoms with E-state index < -0.39 is 5.41 Å². The van der Waals surface area contributed by atoms with Crippen molar-refractivity contribution in [1.82, 2.24) is 0 Å². The first kappa shape index (κ1) is 29.1. The zero-order chi connectivity index (χ0) is 35.3. The Morgan fingerprint density at radius 2 is 1.15 bits per heavy atom. The molecule has 0 amide bonds. The fourth-order valence-electron chi connectivity index (χ4n) is 10.7. The average Bonchev–Trinajstić information content (AvgIpc) is 3.73. The van der Waals surface area contributed by atoms with E-state index in [9.17, 15) is 0 Å². The van der Waals surface area contributed by atoms with Crippen molar-refractivity contribution < 1.29 is 0 Å². The molecule has 4 aliphatic rings. The van der Waals surface area contributed by atoms with Crippen molar-refractivity contribution in [3.8, 4) is 22.3 Å². The number of benzene rings is 8. The summed E-state index contributed by atoms with van der Waals surface area (Å²) in [6.45, 7) is 2.24. The molecule has 0 N–H and O–H groups in total. The third-order valence-electron chi connectivity index (χ3n) is 12.6. The summed E-state index contributed by atoms with van der Waals surface area (Å²) < 4.78 is 2.66. The molecule has 1 spiro atoms. The molecule has 1 aromatic heterocycles. The zero-order valence-corrected chi connectivity index (χ0v) is 30.4. The molecule has 8 aromatic carbocycles. The van der Waals surface area contributed by atoms with Gasteiger partial charge >= 0.3 is 6.85 Å². The predicted octanol–water partition coefficient (Wildman–Crippen LogP) is 11.7. The maximum absolute atomic E-state index is 2.73. The van der Waals surface area contributed by atoms with E-state index in [-0.39, 0.29) is 6.85 Å². The van der Waals surface area contributed by atoms with Crippen LogP contribution in [0.2, 0.25) is 0 Å². The van der Waals surface area contributed by atoms with Crippen molar-refractivity contribution in [1.29, 1.82) is 0 Å². The van der Waals surface area contributed by atoms with E-state index in [2.05, 4.69) is 186 Å². The topological polar surface area (TPSA) is 6.48 Å². The van der Waals surface area contributed by atoms with Gasteiger partial charge in [-0.3, -0.25) is 0 Å². The molecule has 4 heterocycles. The van der Waals surface area contributed by atoms with Gasteiger partial charge in [-0.1, -0.05) is 127 Å². The van der Waals surface area contributed by atoms with Gasteiger partial charge in [0.2, 0.25) is 0 Å². The first-order valence-corrected chi connectivity index (χ1v) is 19.7. The molecule has 0 saturated carbocycles. The second-order valence-electron chi connectivity index (χ2n) is 15.3. The number of thiophene rings is 1. The Kier molecular flexibility index (Phi) is 5.50. The van der Waals surface area contributed by atoms with E-state index in [1.165, 1.54) is 110 Å². The molecule has 0 fully saturated rings. The summed E-state index contributed by atoms with van der Waals surface area (Å²) in [5, 5.41) is 2.64. The largest absolute Gasteiger partial charge is 0.376 e. The lowest BCUT2D eigenvalue weighted by Gasteiger charge is -2.52. The normalized spacial score (nSPS) is 14.8. The lowest BCUT2D eigenvalue weighted by Crippen LogP contribution is -2.63. The summed E-state index contributed by atoms with van der Waals surface area (Å²) in [6.07, 6.45) is 0. The van der Waals surface area contributed by atoms with E-state index in [0.717, 1.165) is 0 Å². The van der Waals surface area contributed by atoms with Crippen molar-refractivity contribution >= 4 is 77.7 Å². The highest BCUT2D eigenvalue weighted by atomic mass is 32.1. The maximum atomic E-state index is 2.73. The zero-order valence-electron chi connectivity index (χ0n) is 29.5. The van der Waals surface area contributed by atoms with Gasteiger partial charge in [0.1, 0.15) is 0 Å². The van der Waals surface area contributed by atoms with Crippen LogP contribution < -0.4 is 20.6 Å². The molecule has 250 valence electrons. The quantitative estimate of drug-likeness (QED) is 0.157. The third-order valence-corrected chi connectivity index (χ3v) is 13.8. The highest BCUT2D eigenvalue weighted by Gasteiger charge is 2.56. The Morgan fingerprint density at radius 3 is 1.96 bits per heavy atom. The fraction of sp³-hybridized carbons (Fsp3) is 0.0400. The molecule has 3 aliphatic heterocycles. The Balaban J connectivity index is 1.21. The summed E-state index contributed by atoms with van der Waals surface area (Å²) in [6, 6.07) is 64.4. The number of aryl methyl sites for hydroxylation is 1. The van der Waals surface area contributed by atoms with Gasteiger partial charge < -0.3 is 9.71 Å². The SMILES string of the molecule is Cc1cc2c3c(c1)N(c1ccccc1)c1cc4c(cc1B3N1c3ccccc3C3(c5ccccc5-c5ccccc53)c3cccc-2c31)sc1ccccc14. The monoisotopic (exact) mass is 702 g/mol. The molecule has 1 aliphatic carbocycles. The van der Waals surface area contributed by atoms with Crippen LogP contribution in [0, 0.1) is 6.92 Å². The minimum Gasteiger partial charge on any atom is -0.376 e. The minimum absolute atomic E-state index is 0.0285. The number of nitrogens with zero attached hydrogens (tertiary/aromatic N) is 2. The van der Waals surface area contributed by atoms with E-state index in [1.54, 1.807) is 0 Å². The molecule has 54 heavy (non-hydrogen) atoms. The highest BCUT2D eigenvalue weighted by Crippen LogP contribution is 2.64. The smallest absolute Gasteiger partial charge is 0.333 e. The Hall–Kier alpha value is -6.36. The van der Waals surface area contributed by atoms with Gasteiger partial charge in [0.15, 0.2) is 0 Å². The molecule has 0 atom stereocenters. The second-order valence-corrected chi connectivity index (χ2v) is 16.3. The molecule has 0 bridgehead atoms. The number of hydrogen-bond acceptors (Lipinski definition) is 3. The van der Waals surface area contributed by atoms with Crippen molar-refractivity contribution in [2.24, 2.45) is 0 Å². The van der Waals surface area contributed by atoms with Gasteiger partial charge in [0, 0.05) is 54.2 Å². The number of para-hydroxylation sites is 3. The molecular weight excluding hydrogens is 671 g/mol. The first-order chi connectivity index (χ1) is 26.7. The molecule has 4 heteroatoms. The Morgan fingerprint density at radius 1 is 0.481 bits per heavy atom. The lowest BCUT2D eigenvalue weighted by atomic mass is 9.42. The van der Waals surface area contributed by atoms with Crippen molar-refractivity contribution in [3.05, 3.63) is 198 Å². The van der Waals surface area contributed by atoms with E-state index in [1.807, 2.05) is 11.3 Å². The molecule has 0 radical (unpaired) electrons. The molecular formula is C50H31BN2S. The third kappa shape index (κ3) is 3.40. The van der Waals surface area contributed by atoms with Gasteiger partial charge in [0.05, 0.1) is 5.41 Å². The van der Waals surface area contributed by atoms with Gasteiger partial charge in [-0.2, -0.15) is 0 Å². The van der Waals surface area contributed by atoms with Crippen LogP contribution in [-0.4, -0.2) is 6.85 Å². The first-order valence-electron chi connectivity index (χ1n) is 18.9. The summed E-state index contributed by atoms with van der Waals surface area (Å²) in [5.74, 6) is 0. The summed E-state index contributed by atoms with van der Waals surface area (Å²) in [4.78, 5) is 5.27. The van der Waals surface area contributed by atoms with Crippen LogP contribution in [0.15, 0.2) is 170 Å². The number of fused-ring (bicyclic) bond motifs is 16. The fourth-order valence-corrected chi connectivity index (χ4v) is 11.9. The van der Waals surface area contributed by atoms with E-state index in [0.29, 0.717) is 0 Å². The average molecular weight is 703 g/mol. The molecule has 9 aromatic rings. The van der Waals surface area contributed by atoms with Gasteiger partial charge in [-0.25, -0.2) is 0 Å². The maximum Gasteiger partial charge on any atom is 0.333 e. The summed E-state index contributed by atoms with van der Waals surface area (Å²) in [5.41, 5.74) is 20.6. The lowest BCUT2D eigenvalue weighted by molar-refractivity contribution is 0.756. The Labute approximate surface area is 318 Å². The van der Waals surface area contributed by atoms with Gasteiger partial charge in [-0.05, 0) is 105 Å². The molecule has 0 saturated heterocycles. The van der Waals surface area contributed by atoms with Crippen LogP contribution in [0.3, 0.4) is 0 Å². The van der Waals surface area contributed by atoms with Crippen LogP contribution in [0.4, 0.5) is 28.4 Å². The highest BCUT2D eigenvalue weighted by molar-refractivity contribution is 7.26. The van der Waals surface area contributed by atoms with Crippen molar-refractivity contribution in [3.63, 3.8) is 0 Å². The van der Waals surface area contributed by atoms with Crippen LogP contribution in [-0.2, 0) is 5.41 Å². The molecule has 0 unspecified atom stereocenters. The van der Waals surface area contributed by atoms with E-state index >= 15 is 0 Å². The van der Waals surface area contributed by atoms with Crippen molar-refractivity contribution in [2.45, 2.75) is 12.3 Å². The summed E-state index contributed by atoms with van der Waals surface area (Å²) >= 11 is 1.91. The minimum atomic E-state index is -0.446. The standard InChI is InChI=1S/C50H31BN2S/c1-30-26-37-35-19-13-23-41-49(35)53(43-24-11-10-22-40(43)50(41)38-20-8-5-16-32(38)33-17-6-9-21-39(33)50)51-42-29-47-36(34-18-7-12-25-46(34)54-47)28-44(42)52(45(27-30)48(37)51)31-14-3-2-4-15-31/h2-29H,1H3. The second kappa shape index (κ2) is 10.2. The van der Waals surface area contributed by atoms with Crippen molar-refractivity contribution in [2.75, 3.05) is 9.71 Å². The molecule has 2 nitrogen and oxygen atoms in total. The van der Waals surface area contributed by atoms with Crippen LogP contribution in [0.25, 0.3) is 42.4 Å². The number of anilines is 5. The predicted molar refractivity (Wildman–Crippen MR) is 229 cm³/mol. The number of hydrogen-bond donors (Lipinski definition) is 0. The summed E-state index contributed by atoms with van der Waals surface area (Å²) in [7, 11) is 0. The van der Waals surface area contributed by atoms with Crippen LogP contribution in [0.5, 0.6) is 0 Å².